The summed E-state index contributed by atoms with van der Waals surface area (Å²) in [6.45, 7) is 5.17. The van der Waals surface area contributed by atoms with Crippen molar-refractivity contribution < 1.29 is 4.79 Å². The third kappa shape index (κ3) is 3.05. The molecule has 94 valence electrons. The minimum atomic E-state index is -0.462. The number of hydrogen-bond acceptors (Lipinski definition) is 3. The molecule has 0 unspecified atom stereocenters. The normalized spacial score (nSPS) is 15.5. The number of nitrogens with zero attached hydrogens (tertiary/aromatic N) is 3. The highest BCUT2D eigenvalue weighted by Crippen LogP contribution is 2.33. The predicted molar refractivity (Wildman–Crippen MR) is 64.4 cm³/mol. The summed E-state index contributed by atoms with van der Waals surface area (Å²) in [7, 11) is 0. The summed E-state index contributed by atoms with van der Waals surface area (Å²) in [5.41, 5.74) is 6.62. The third-order valence-electron chi connectivity index (χ3n) is 3.17. The molecule has 0 spiro atoms. The molecule has 2 rings (SSSR count). The molecule has 0 radical (unpaired) electrons. The Bertz CT molecular complexity index is 407. The van der Waals surface area contributed by atoms with Crippen molar-refractivity contribution in [1.29, 1.82) is 0 Å². The second-order valence-electron chi connectivity index (χ2n) is 5.30. The van der Waals surface area contributed by atoms with Gasteiger partial charge in [-0.2, -0.15) is 0 Å². The van der Waals surface area contributed by atoms with Gasteiger partial charge in [-0.1, -0.05) is 19.1 Å². The summed E-state index contributed by atoms with van der Waals surface area (Å²) in [4.78, 5) is 11.3. The maximum Gasteiger partial charge on any atom is 0.271 e. The zero-order valence-electron chi connectivity index (χ0n) is 10.5. The van der Waals surface area contributed by atoms with Crippen molar-refractivity contribution in [1.82, 2.24) is 15.0 Å². The Kier molecular flexibility index (Phi) is 3.45. The fourth-order valence-corrected chi connectivity index (χ4v) is 1.88. The average Bonchev–Trinajstić information content (AvgIpc) is 2.95. The van der Waals surface area contributed by atoms with E-state index in [1.54, 1.807) is 0 Å². The van der Waals surface area contributed by atoms with Crippen LogP contribution in [-0.2, 0) is 13.0 Å². The fraction of sp³-hybridized carbons (Fsp3) is 0.750. The lowest BCUT2D eigenvalue weighted by molar-refractivity contribution is 0.0994. The highest BCUT2D eigenvalue weighted by atomic mass is 16.1. The van der Waals surface area contributed by atoms with E-state index in [9.17, 15) is 4.79 Å². The maximum absolute atomic E-state index is 11.3. The van der Waals surface area contributed by atoms with Crippen LogP contribution in [0.2, 0.25) is 0 Å². The first-order chi connectivity index (χ1) is 8.08. The van der Waals surface area contributed by atoms with Crippen molar-refractivity contribution in [2.45, 2.75) is 46.1 Å². The molecule has 1 heterocycles. The van der Waals surface area contributed by atoms with E-state index < -0.39 is 5.91 Å². The zero-order chi connectivity index (χ0) is 12.4. The average molecular weight is 236 g/mol. The van der Waals surface area contributed by atoms with E-state index in [1.807, 2.05) is 4.68 Å². The van der Waals surface area contributed by atoms with Gasteiger partial charge in [0.2, 0.25) is 0 Å². The Balaban J connectivity index is 2.14. The molecule has 5 nitrogen and oxygen atoms in total. The van der Waals surface area contributed by atoms with Gasteiger partial charge in [-0.25, -0.2) is 4.68 Å². The van der Waals surface area contributed by atoms with E-state index in [0.717, 1.165) is 25.1 Å². The molecule has 0 aromatic carbocycles. The van der Waals surface area contributed by atoms with Gasteiger partial charge in [-0.05, 0) is 37.5 Å². The highest BCUT2D eigenvalue weighted by Gasteiger charge is 2.27. The van der Waals surface area contributed by atoms with E-state index in [1.165, 1.54) is 12.8 Å². The summed E-state index contributed by atoms with van der Waals surface area (Å²) in [5, 5.41) is 7.97. The van der Waals surface area contributed by atoms with Crippen molar-refractivity contribution in [3.8, 4) is 0 Å². The van der Waals surface area contributed by atoms with E-state index >= 15 is 0 Å². The second kappa shape index (κ2) is 4.85. The lowest BCUT2D eigenvalue weighted by Gasteiger charge is -2.08. The molecule has 1 aromatic rings. The fourth-order valence-electron chi connectivity index (χ4n) is 1.88. The largest absolute Gasteiger partial charge is 0.364 e. The van der Waals surface area contributed by atoms with Crippen LogP contribution in [0.3, 0.4) is 0 Å². The first kappa shape index (κ1) is 12.1. The molecule has 1 amide bonds. The standard InChI is InChI=1S/C12H20N4O/c1-8(2)5-6-16-10(7-9-3-4-9)11(12(13)17)14-15-16/h8-9H,3-7H2,1-2H3,(H2,13,17). The lowest BCUT2D eigenvalue weighted by Crippen LogP contribution is -2.16. The van der Waals surface area contributed by atoms with Crippen LogP contribution in [0.5, 0.6) is 0 Å². The van der Waals surface area contributed by atoms with E-state index in [2.05, 4.69) is 24.2 Å². The SMILES string of the molecule is CC(C)CCn1nnc(C(N)=O)c1CC1CC1. The number of hydrogen-bond donors (Lipinski definition) is 1. The minimum absolute atomic E-state index is 0.362. The molecule has 0 saturated heterocycles. The number of aryl methyl sites for hydroxylation is 1. The van der Waals surface area contributed by atoms with Gasteiger partial charge in [0.1, 0.15) is 0 Å². The van der Waals surface area contributed by atoms with E-state index in [4.69, 9.17) is 5.73 Å². The molecule has 17 heavy (non-hydrogen) atoms. The topological polar surface area (TPSA) is 73.8 Å². The first-order valence-corrected chi connectivity index (χ1v) is 6.30. The van der Waals surface area contributed by atoms with Crippen LogP contribution in [0.1, 0.15) is 49.3 Å². The van der Waals surface area contributed by atoms with Gasteiger partial charge in [0, 0.05) is 6.54 Å². The number of amides is 1. The molecule has 5 heteroatoms. The van der Waals surface area contributed by atoms with Crippen molar-refractivity contribution in [3.63, 3.8) is 0 Å². The quantitative estimate of drug-likeness (QED) is 0.810. The molecule has 1 aliphatic carbocycles. The van der Waals surface area contributed by atoms with Gasteiger partial charge < -0.3 is 5.73 Å². The summed E-state index contributed by atoms with van der Waals surface area (Å²) < 4.78 is 1.86. The number of aromatic nitrogens is 3. The van der Waals surface area contributed by atoms with Crippen molar-refractivity contribution in [2.24, 2.45) is 17.6 Å². The van der Waals surface area contributed by atoms with Crippen LogP contribution in [0.25, 0.3) is 0 Å². The molecule has 1 aliphatic rings. The first-order valence-electron chi connectivity index (χ1n) is 6.30. The van der Waals surface area contributed by atoms with Crippen LogP contribution in [0, 0.1) is 11.8 Å². The molecular formula is C12H20N4O. The zero-order valence-corrected chi connectivity index (χ0v) is 10.5. The number of rotatable bonds is 6. The lowest BCUT2D eigenvalue weighted by atomic mass is 10.1. The Morgan fingerprint density at radius 1 is 1.53 bits per heavy atom. The smallest absolute Gasteiger partial charge is 0.271 e. The molecule has 1 aromatic heterocycles. The van der Waals surface area contributed by atoms with Crippen molar-refractivity contribution >= 4 is 5.91 Å². The molecule has 0 aliphatic heterocycles. The Hall–Kier alpha value is -1.39. The van der Waals surface area contributed by atoms with Crippen LogP contribution in [0.15, 0.2) is 0 Å². The van der Waals surface area contributed by atoms with Crippen molar-refractivity contribution in [2.75, 3.05) is 0 Å². The Morgan fingerprint density at radius 3 is 2.76 bits per heavy atom. The molecule has 0 atom stereocenters. The maximum atomic E-state index is 11.3. The Morgan fingerprint density at radius 2 is 2.24 bits per heavy atom. The van der Waals surface area contributed by atoms with Crippen LogP contribution >= 0.6 is 0 Å². The van der Waals surface area contributed by atoms with Gasteiger partial charge in [-0.3, -0.25) is 4.79 Å². The molecule has 2 N–H and O–H groups in total. The van der Waals surface area contributed by atoms with Gasteiger partial charge in [0.15, 0.2) is 5.69 Å². The van der Waals surface area contributed by atoms with Crippen molar-refractivity contribution in [3.05, 3.63) is 11.4 Å². The van der Waals surface area contributed by atoms with Crippen LogP contribution < -0.4 is 5.73 Å². The highest BCUT2D eigenvalue weighted by molar-refractivity contribution is 5.91. The van der Waals surface area contributed by atoms with Gasteiger partial charge >= 0.3 is 0 Å². The second-order valence-corrected chi connectivity index (χ2v) is 5.30. The number of primary amides is 1. The predicted octanol–water partition coefficient (Wildman–Crippen LogP) is 1.38. The summed E-state index contributed by atoms with van der Waals surface area (Å²) in [5.74, 6) is 0.853. The molecule has 1 fully saturated rings. The van der Waals surface area contributed by atoms with Crippen LogP contribution in [-0.4, -0.2) is 20.9 Å². The van der Waals surface area contributed by atoms with Gasteiger partial charge in [0.25, 0.3) is 5.91 Å². The summed E-state index contributed by atoms with van der Waals surface area (Å²) >= 11 is 0. The summed E-state index contributed by atoms with van der Waals surface area (Å²) in [6, 6.07) is 0. The monoisotopic (exact) mass is 236 g/mol. The number of carbonyl (C=O) groups excluding carboxylic acids is 1. The minimum Gasteiger partial charge on any atom is -0.364 e. The van der Waals surface area contributed by atoms with Gasteiger partial charge in [0.05, 0.1) is 5.69 Å². The molecule has 1 saturated carbocycles. The van der Waals surface area contributed by atoms with Crippen LogP contribution in [0.4, 0.5) is 0 Å². The molecular weight excluding hydrogens is 216 g/mol. The van der Waals surface area contributed by atoms with E-state index in [-0.39, 0.29) is 0 Å². The Labute approximate surface area is 101 Å². The summed E-state index contributed by atoms with van der Waals surface area (Å²) in [6.07, 6.45) is 4.42. The molecule has 0 bridgehead atoms. The van der Waals surface area contributed by atoms with Gasteiger partial charge in [-0.15, -0.1) is 5.10 Å². The third-order valence-corrected chi connectivity index (χ3v) is 3.17. The van der Waals surface area contributed by atoms with E-state index in [0.29, 0.717) is 17.5 Å². The number of nitrogens with two attached hydrogens (primary N) is 1. The number of carbonyl (C=O) groups is 1.